The molecule has 2 rings (SSSR count). The number of halogens is 3. The fourth-order valence-electron chi connectivity index (χ4n) is 2.87. The number of likely N-dealkylation sites (tertiary alicyclic amines) is 1. The van der Waals surface area contributed by atoms with Gasteiger partial charge in [-0.25, -0.2) is 0 Å². The van der Waals surface area contributed by atoms with Crippen LogP contribution in [-0.2, 0) is 22.3 Å². The Morgan fingerprint density at radius 1 is 1.32 bits per heavy atom. The van der Waals surface area contributed by atoms with Crippen molar-refractivity contribution in [2.24, 2.45) is 5.92 Å². The van der Waals surface area contributed by atoms with Gasteiger partial charge in [-0.3, -0.25) is 4.79 Å². The Balaban J connectivity index is 1.94. The van der Waals surface area contributed by atoms with Gasteiger partial charge in [0.1, 0.15) is 12.5 Å². The normalized spacial score (nSPS) is 22.4. The van der Waals surface area contributed by atoms with E-state index in [0.29, 0.717) is 19.7 Å². The maximum absolute atomic E-state index is 12.5. The van der Waals surface area contributed by atoms with Gasteiger partial charge in [0.25, 0.3) is 0 Å². The number of hydrogen-bond donors (Lipinski definition) is 1. The molecule has 1 aliphatic heterocycles. The third kappa shape index (κ3) is 4.47. The topological polar surface area (TPSA) is 30.7 Å². The Hall–Kier alpha value is -1.56. The van der Waals surface area contributed by atoms with E-state index in [-0.39, 0.29) is 11.9 Å². The minimum absolute atomic E-state index is 0.0989. The number of quaternary nitrogens is 1. The summed E-state index contributed by atoms with van der Waals surface area (Å²) in [4.78, 5) is 13.0. The summed E-state index contributed by atoms with van der Waals surface area (Å²) < 4.78 is 42.7. The molecule has 0 amide bonds. The van der Waals surface area contributed by atoms with E-state index in [2.05, 4.69) is 0 Å². The summed E-state index contributed by atoms with van der Waals surface area (Å²) >= 11 is 0. The van der Waals surface area contributed by atoms with Crippen LogP contribution in [0.2, 0.25) is 0 Å². The molecule has 2 atom stereocenters. The first kappa shape index (κ1) is 16.8. The van der Waals surface area contributed by atoms with Gasteiger partial charge in [0.2, 0.25) is 0 Å². The van der Waals surface area contributed by atoms with Gasteiger partial charge in [-0.15, -0.1) is 0 Å². The van der Waals surface area contributed by atoms with Crippen molar-refractivity contribution in [2.75, 3.05) is 19.7 Å². The highest BCUT2D eigenvalue weighted by molar-refractivity contribution is 5.72. The van der Waals surface area contributed by atoms with E-state index in [9.17, 15) is 18.0 Å². The smallest absolute Gasteiger partial charge is 0.416 e. The Labute approximate surface area is 128 Å². The minimum atomic E-state index is -4.30. The van der Waals surface area contributed by atoms with Crippen LogP contribution in [0.25, 0.3) is 0 Å². The van der Waals surface area contributed by atoms with Gasteiger partial charge in [0.15, 0.2) is 0 Å². The molecule has 1 unspecified atom stereocenters. The third-order valence-electron chi connectivity index (χ3n) is 3.97. The molecule has 1 aromatic rings. The highest BCUT2D eigenvalue weighted by atomic mass is 19.4. The molecule has 0 aliphatic carbocycles. The van der Waals surface area contributed by atoms with Crippen molar-refractivity contribution < 1.29 is 27.6 Å². The van der Waals surface area contributed by atoms with E-state index >= 15 is 0 Å². The summed E-state index contributed by atoms with van der Waals surface area (Å²) in [7, 11) is 0. The van der Waals surface area contributed by atoms with Gasteiger partial charge in [-0.05, 0) is 31.9 Å². The van der Waals surface area contributed by atoms with E-state index < -0.39 is 11.7 Å². The molecule has 1 aliphatic rings. The van der Waals surface area contributed by atoms with E-state index in [1.54, 1.807) is 6.92 Å². The molecule has 1 fully saturated rings. The summed E-state index contributed by atoms with van der Waals surface area (Å²) in [6.45, 7) is 4.40. The van der Waals surface area contributed by atoms with Gasteiger partial charge in [0, 0.05) is 5.56 Å². The summed E-state index contributed by atoms with van der Waals surface area (Å²) in [5.74, 6) is -0.259. The van der Waals surface area contributed by atoms with Crippen molar-refractivity contribution in [3.8, 4) is 0 Å². The number of alkyl halides is 3. The first-order chi connectivity index (χ1) is 10.4. The van der Waals surface area contributed by atoms with Crippen molar-refractivity contribution in [3.63, 3.8) is 0 Å². The van der Waals surface area contributed by atoms with Crippen molar-refractivity contribution in [1.82, 2.24) is 0 Å². The van der Waals surface area contributed by atoms with Crippen LogP contribution in [-0.4, -0.2) is 25.7 Å². The minimum Gasteiger partial charge on any atom is -0.466 e. The Bertz CT molecular complexity index is 499. The van der Waals surface area contributed by atoms with Crippen LogP contribution in [0.5, 0.6) is 0 Å². The first-order valence-corrected chi connectivity index (χ1v) is 7.56. The van der Waals surface area contributed by atoms with Crippen molar-refractivity contribution >= 4 is 5.97 Å². The molecule has 0 radical (unpaired) electrons. The molecular weight excluding hydrogens is 295 g/mol. The number of nitrogens with one attached hydrogen (secondary N) is 1. The molecule has 1 N–H and O–H groups in total. The summed E-state index contributed by atoms with van der Waals surface area (Å²) in [5, 5.41) is 0. The largest absolute Gasteiger partial charge is 0.466 e. The van der Waals surface area contributed by atoms with Gasteiger partial charge >= 0.3 is 12.1 Å². The van der Waals surface area contributed by atoms with Crippen molar-refractivity contribution in [3.05, 3.63) is 35.4 Å². The van der Waals surface area contributed by atoms with E-state index in [1.807, 2.05) is 0 Å². The lowest BCUT2D eigenvalue weighted by molar-refractivity contribution is -0.921. The zero-order valence-electron chi connectivity index (χ0n) is 12.6. The van der Waals surface area contributed by atoms with Gasteiger partial charge in [0.05, 0.1) is 25.3 Å². The zero-order chi connectivity index (χ0) is 16.2. The lowest BCUT2D eigenvalue weighted by Crippen LogP contribution is -3.12. The van der Waals surface area contributed by atoms with Gasteiger partial charge in [-0.2, -0.15) is 13.2 Å². The van der Waals surface area contributed by atoms with E-state index in [0.717, 1.165) is 37.1 Å². The second-order valence-corrected chi connectivity index (χ2v) is 5.67. The quantitative estimate of drug-likeness (QED) is 0.862. The SMILES string of the molecule is CCOC(=O)[C@@H]1CCC[NH+](Cc2ccc(C(F)(F)F)cc2)C1. The number of benzene rings is 1. The third-order valence-corrected chi connectivity index (χ3v) is 3.97. The average molecular weight is 316 g/mol. The predicted molar refractivity (Wildman–Crippen MR) is 75.2 cm³/mol. The Morgan fingerprint density at radius 3 is 2.59 bits per heavy atom. The maximum atomic E-state index is 12.5. The molecule has 1 saturated heterocycles. The number of rotatable bonds is 4. The van der Waals surface area contributed by atoms with Crippen molar-refractivity contribution in [2.45, 2.75) is 32.5 Å². The lowest BCUT2D eigenvalue weighted by atomic mass is 9.97. The number of piperidine rings is 1. The van der Waals surface area contributed by atoms with Crippen LogP contribution >= 0.6 is 0 Å². The standard InChI is InChI=1S/C16H20F3NO2/c1-2-22-15(21)13-4-3-9-20(11-13)10-12-5-7-14(8-6-12)16(17,18)19/h5-8,13H,2-4,9-11H2,1H3/p+1/t13-/m1/s1. The molecule has 122 valence electrons. The number of hydrogen-bond acceptors (Lipinski definition) is 2. The maximum Gasteiger partial charge on any atom is 0.416 e. The monoisotopic (exact) mass is 316 g/mol. The van der Waals surface area contributed by atoms with Crippen molar-refractivity contribution in [1.29, 1.82) is 0 Å². The average Bonchev–Trinajstić information content (AvgIpc) is 2.47. The molecule has 1 heterocycles. The van der Waals surface area contributed by atoms with Crippen LogP contribution in [0.4, 0.5) is 13.2 Å². The number of carbonyl (C=O) groups excluding carboxylic acids is 1. The summed E-state index contributed by atoms with van der Waals surface area (Å²) in [5.41, 5.74) is 0.224. The van der Waals surface area contributed by atoms with Gasteiger partial charge in [-0.1, -0.05) is 12.1 Å². The molecule has 0 bridgehead atoms. The molecule has 1 aromatic carbocycles. The van der Waals surface area contributed by atoms with Crippen LogP contribution in [0.1, 0.15) is 30.9 Å². The molecule has 0 aromatic heterocycles. The predicted octanol–water partition coefficient (Wildman–Crippen LogP) is 2.06. The van der Waals surface area contributed by atoms with Gasteiger partial charge < -0.3 is 9.64 Å². The second-order valence-electron chi connectivity index (χ2n) is 5.67. The van der Waals surface area contributed by atoms with E-state index in [4.69, 9.17) is 4.74 Å². The zero-order valence-corrected chi connectivity index (χ0v) is 12.6. The Kier molecular flexibility index (Phi) is 5.45. The fraction of sp³-hybridized carbons (Fsp3) is 0.562. The molecule has 0 spiro atoms. The van der Waals surface area contributed by atoms with Crippen LogP contribution in [0, 0.1) is 5.92 Å². The lowest BCUT2D eigenvalue weighted by Gasteiger charge is -2.28. The first-order valence-electron chi connectivity index (χ1n) is 7.56. The number of esters is 1. The van der Waals surface area contributed by atoms with Crippen LogP contribution in [0.15, 0.2) is 24.3 Å². The highest BCUT2D eigenvalue weighted by Crippen LogP contribution is 2.29. The molecule has 0 saturated carbocycles. The van der Waals surface area contributed by atoms with Crippen LogP contribution < -0.4 is 4.90 Å². The summed E-state index contributed by atoms with van der Waals surface area (Å²) in [6, 6.07) is 5.26. The molecule has 22 heavy (non-hydrogen) atoms. The van der Waals surface area contributed by atoms with Crippen LogP contribution in [0.3, 0.4) is 0 Å². The summed E-state index contributed by atoms with van der Waals surface area (Å²) in [6.07, 6.45) is -2.54. The molecular formula is C16H21F3NO2+. The second kappa shape index (κ2) is 7.13. The fourth-order valence-corrected chi connectivity index (χ4v) is 2.87. The highest BCUT2D eigenvalue weighted by Gasteiger charge is 2.31. The number of carbonyl (C=O) groups is 1. The van der Waals surface area contributed by atoms with E-state index in [1.165, 1.54) is 17.0 Å². The molecule has 3 nitrogen and oxygen atoms in total. The Morgan fingerprint density at radius 2 is 2.00 bits per heavy atom. The number of ether oxygens (including phenoxy) is 1. The molecule has 6 heteroatoms.